The van der Waals surface area contributed by atoms with E-state index in [0.29, 0.717) is 19.5 Å². The molecule has 6 heteroatoms. The van der Waals surface area contributed by atoms with Gasteiger partial charge in [-0.1, -0.05) is 18.2 Å². The van der Waals surface area contributed by atoms with E-state index < -0.39 is 6.10 Å². The molecule has 0 bridgehead atoms. The van der Waals surface area contributed by atoms with E-state index in [1.165, 1.54) is 0 Å². The predicted octanol–water partition coefficient (Wildman–Crippen LogP) is 0.838. The van der Waals surface area contributed by atoms with Gasteiger partial charge in [0.1, 0.15) is 0 Å². The van der Waals surface area contributed by atoms with Gasteiger partial charge in [0.05, 0.1) is 18.6 Å². The Morgan fingerprint density at radius 3 is 2.69 bits per heavy atom. The molecule has 0 aliphatic carbocycles. The van der Waals surface area contributed by atoms with Crippen molar-refractivity contribution in [1.82, 2.24) is 19.7 Å². The highest BCUT2D eigenvalue weighted by atomic mass is 16.3. The van der Waals surface area contributed by atoms with E-state index in [0.717, 1.165) is 48.3 Å². The molecule has 26 heavy (non-hydrogen) atoms. The second-order valence-corrected chi connectivity index (χ2v) is 7.72. The number of hydrogen-bond acceptors (Lipinski definition) is 4. The molecule has 0 radical (unpaired) electrons. The van der Waals surface area contributed by atoms with Crippen molar-refractivity contribution < 1.29 is 9.90 Å². The third-order valence-corrected chi connectivity index (χ3v) is 5.97. The normalized spacial score (nSPS) is 25.3. The molecule has 4 rings (SSSR count). The van der Waals surface area contributed by atoms with Crippen LogP contribution in [0.1, 0.15) is 11.3 Å². The molecule has 0 unspecified atom stereocenters. The Bertz CT molecular complexity index is 794. The maximum atomic E-state index is 12.9. The number of piperazine rings is 1. The number of nitrogens with zero attached hydrogens (tertiary/aromatic N) is 3. The summed E-state index contributed by atoms with van der Waals surface area (Å²) < 4.78 is 0. The average molecular weight is 356 g/mol. The molecule has 2 aliphatic heterocycles. The second kappa shape index (κ2) is 7.02. The van der Waals surface area contributed by atoms with Gasteiger partial charge in [-0.15, -0.1) is 0 Å². The van der Waals surface area contributed by atoms with Gasteiger partial charge in [-0.3, -0.25) is 9.69 Å². The predicted molar refractivity (Wildman–Crippen MR) is 102 cm³/mol. The van der Waals surface area contributed by atoms with Crippen molar-refractivity contribution in [1.29, 1.82) is 0 Å². The number of rotatable bonds is 3. The van der Waals surface area contributed by atoms with Crippen LogP contribution < -0.4 is 0 Å². The molecule has 140 valence electrons. The van der Waals surface area contributed by atoms with Gasteiger partial charge in [0, 0.05) is 55.9 Å². The van der Waals surface area contributed by atoms with Crippen molar-refractivity contribution >= 4 is 16.8 Å². The van der Waals surface area contributed by atoms with Gasteiger partial charge in [-0.05, 0) is 25.6 Å². The smallest absolute Gasteiger partial charge is 0.227 e. The first kappa shape index (κ1) is 17.5. The van der Waals surface area contributed by atoms with Crippen LogP contribution in [0.15, 0.2) is 24.3 Å². The minimum Gasteiger partial charge on any atom is -0.390 e. The zero-order valence-corrected chi connectivity index (χ0v) is 15.6. The molecular weight excluding hydrogens is 328 g/mol. The molecule has 0 saturated carbocycles. The minimum absolute atomic E-state index is 0.0664. The number of aryl methyl sites for hydroxylation is 1. The SMILES string of the molecule is Cc1[nH]c2ccccc2c1CC(=O)N1C[C@@H](O)[C@H](N2CCN(C)CC2)C1. The summed E-state index contributed by atoms with van der Waals surface area (Å²) >= 11 is 0. The number of likely N-dealkylation sites (tertiary alicyclic amines) is 1. The van der Waals surface area contributed by atoms with Crippen LogP contribution in [0, 0.1) is 6.92 Å². The number of benzene rings is 1. The Morgan fingerprint density at radius 2 is 1.92 bits per heavy atom. The summed E-state index contributed by atoms with van der Waals surface area (Å²) in [6, 6.07) is 8.18. The van der Waals surface area contributed by atoms with Gasteiger partial charge in [0.25, 0.3) is 0 Å². The summed E-state index contributed by atoms with van der Waals surface area (Å²) in [5, 5.41) is 11.6. The Kier molecular flexibility index (Phi) is 4.73. The minimum atomic E-state index is -0.452. The van der Waals surface area contributed by atoms with Crippen LogP contribution in [0.3, 0.4) is 0 Å². The quantitative estimate of drug-likeness (QED) is 0.856. The number of aliphatic hydroxyl groups excluding tert-OH is 1. The molecule has 2 fully saturated rings. The van der Waals surface area contributed by atoms with Crippen LogP contribution in [-0.4, -0.2) is 89.2 Å². The van der Waals surface area contributed by atoms with E-state index >= 15 is 0 Å². The Labute approximate surface area is 154 Å². The highest BCUT2D eigenvalue weighted by Crippen LogP contribution is 2.24. The third kappa shape index (κ3) is 3.24. The molecule has 0 spiro atoms. The van der Waals surface area contributed by atoms with E-state index in [4.69, 9.17) is 0 Å². The molecule has 2 atom stereocenters. The number of nitrogens with one attached hydrogen (secondary N) is 1. The van der Waals surface area contributed by atoms with E-state index in [-0.39, 0.29) is 11.9 Å². The van der Waals surface area contributed by atoms with Gasteiger partial charge in [0.15, 0.2) is 0 Å². The third-order valence-electron chi connectivity index (χ3n) is 5.97. The van der Waals surface area contributed by atoms with Crippen molar-refractivity contribution in [2.45, 2.75) is 25.5 Å². The van der Waals surface area contributed by atoms with Crippen molar-refractivity contribution in [2.24, 2.45) is 0 Å². The molecule has 2 aromatic rings. The average Bonchev–Trinajstić information content (AvgIpc) is 3.16. The topological polar surface area (TPSA) is 62.8 Å². The van der Waals surface area contributed by atoms with Crippen LogP contribution >= 0.6 is 0 Å². The monoisotopic (exact) mass is 356 g/mol. The number of aliphatic hydroxyl groups is 1. The van der Waals surface area contributed by atoms with Gasteiger partial charge < -0.3 is 19.9 Å². The standard InChI is InChI=1S/C20H28N4O2/c1-14-16(15-5-3-4-6-17(15)21-14)11-20(26)24-12-18(19(25)13-24)23-9-7-22(2)8-10-23/h3-6,18-19,21,25H,7-13H2,1-2H3/t18-,19-/m1/s1. The maximum Gasteiger partial charge on any atom is 0.227 e. The zero-order valence-electron chi connectivity index (χ0n) is 15.6. The van der Waals surface area contributed by atoms with Crippen LogP contribution in [0.5, 0.6) is 0 Å². The number of β-amino-alcohol motifs (C(OH)–C–C–N with tert-alkyl or cyclic N) is 1. The number of aromatic amines is 1. The molecule has 2 N–H and O–H groups in total. The summed E-state index contributed by atoms with van der Waals surface area (Å²) in [6.45, 7) is 7.05. The molecule has 3 heterocycles. The number of hydrogen-bond donors (Lipinski definition) is 2. The van der Waals surface area contributed by atoms with Crippen LogP contribution in [-0.2, 0) is 11.2 Å². The largest absolute Gasteiger partial charge is 0.390 e. The molecule has 1 aromatic carbocycles. The summed E-state index contributed by atoms with van der Waals surface area (Å²) in [7, 11) is 2.13. The summed E-state index contributed by atoms with van der Waals surface area (Å²) in [6.07, 6.45) is -0.0655. The van der Waals surface area contributed by atoms with E-state index in [1.807, 2.05) is 30.0 Å². The number of likely N-dealkylation sites (N-methyl/N-ethyl adjacent to an activating group) is 1. The van der Waals surface area contributed by atoms with Gasteiger partial charge in [0.2, 0.25) is 5.91 Å². The first-order chi connectivity index (χ1) is 12.5. The van der Waals surface area contributed by atoms with E-state index in [2.05, 4.69) is 27.9 Å². The van der Waals surface area contributed by atoms with Crippen molar-refractivity contribution in [2.75, 3.05) is 46.3 Å². The van der Waals surface area contributed by atoms with Gasteiger partial charge in [-0.25, -0.2) is 0 Å². The Hall–Kier alpha value is -1.89. The van der Waals surface area contributed by atoms with Crippen LogP contribution in [0.4, 0.5) is 0 Å². The number of carbonyl (C=O) groups is 1. The molecule has 2 aliphatic rings. The lowest BCUT2D eigenvalue weighted by molar-refractivity contribution is -0.129. The summed E-state index contributed by atoms with van der Waals surface area (Å²) in [5.41, 5.74) is 3.20. The Balaban J connectivity index is 1.45. The number of amides is 1. The fourth-order valence-electron chi connectivity index (χ4n) is 4.31. The molecule has 6 nitrogen and oxygen atoms in total. The first-order valence-electron chi connectivity index (χ1n) is 9.47. The first-order valence-corrected chi connectivity index (χ1v) is 9.47. The van der Waals surface area contributed by atoms with Crippen molar-refractivity contribution in [3.8, 4) is 0 Å². The maximum absolute atomic E-state index is 12.9. The zero-order chi connectivity index (χ0) is 18.3. The van der Waals surface area contributed by atoms with Crippen molar-refractivity contribution in [3.05, 3.63) is 35.5 Å². The van der Waals surface area contributed by atoms with Gasteiger partial charge >= 0.3 is 0 Å². The van der Waals surface area contributed by atoms with E-state index in [9.17, 15) is 9.90 Å². The number of H-pyrrole nitrogens is 1. The number of para-hydroxylation sites is 1. The fraction of sp³-hybridized carbons (Fsp3) is 0.550. The Morgan fingerprint density at radius 1 is 1.19 bits per heavy atom. The molecular formula is C20H28N4O2. The lowest BCUT2D eigenvalue weighted by Gasteiger charge is -2.37. The van der Waals surface area contributed by atoms with Gasteiger partial charge in [-0.2, -0.15) is 0 Å². The molecule has 1 amide bonds. The fourth-order valence-corrected chi connectivity index (χ4v) is 4.31. The second-order valence-electron chi connectivity index (χ2n) is 7.72. The number of fused-ring (bicyclic) bond motifs is 1. The lowest BCUT2D eigenvalue weighted by atomic mass is 10.1. The highest BCUT2D eigenvalue weighted by molar-refractivity contribution is 5.90. The highest BCUT2D eigenvalue weighted by Gasteiger charge is 2.38. The molecule has 1 aromatic heterocycles. The number of carbonyl (C=O) groups excluding carboxylic acids is 1. The number of aromatic nitrogens is 1. The van der Waals surface area contributed by atoms with Crippen LogP contribution in [0.25, 0.3) is 10.9 Å². The van der Waals surface area contributed by atoms with E-state index in [1.54, 1.807) is 0 Å². The van der Waals surface area contributed by atoms with Crippen molar-refractivity contribution in [3.63, 3.8) is 0 Å². The lowest BCUT2D eigenvalue weighted by Crippen LogP contribution is -2.52. The molecule has 2 saturated heterocycles. The van der Waals surface area contributed by atoms with Crippen LogP contribution in [0.2, 0.25) is 0 Å². The summed E-state index contributed by atoms with van der Waals surface area (Å²) in [4.78, 5) is 22.8. The summed E-state index contributed by atoms with van der Waals surface area (Å²) in [5.74, 6) is 0.105.